The normalized spacial score (nSPS) is 12.5. The summed E-state index contributed by atoms with van der Waals surface area (Å²) in [5, 5.41) is 0.570. The van der Waals surface area contributed by atoms with Gasteiger partial charge in [0.25, 0.3) is 0 Å². The van der Waals surface area contributed by atoms with Crippen molar-refractivity contribution >= 4 is 39.4 Å². The van der Waals surface area contributed by atoms with Crippen molar-refractivity contribution in [3.05, 3.63) is 10.7 Å². The fraction of sp³-hybridized carbons (Fsp3) is 0.375. The second-order valence-corrected chi connectivity index (χ2v) is 4.94. The first kappa shape index (κ1) is 11.5. The predicted molar refractivity (Wildman–Crippen MR) is 60.1 cm³/mol. The number of nitrogens with zero attached hydrogens (tertiary/aromatic N) is 2. The highest BCUT2D eigenvalue weighted by Gasteiger charge is 2.13. The van der Waals surface area contributed by atoms with Crippen molar-refractivity contribution in [1.29, 1.82) is 0 Å². The molecule has 1 heterocycles. The third kappa shape index (κ3) is 2.95. The molecule has 1 aromatic rings. The van der Waals surface area contributed by atoms with Crippen molar-refractivity contribution in [1.82, 2.24) is 9.97 Å². The highest BCUT2D eigenvalue weighted by Crippen LogP contribution is 2.28. The van der Waals surface area contributed by atoms with Gasteiger partial charge in [-0.3, -0.25) is 4.79 Å². The molecule has 2 N–H and O–H groups in total. The number of rotatable bonds is 3. The Hall–Kier alpha value is -0.620. The van der Waals surface area contributed by atoms with Crippen LogP contribution in [0.25, 0.3) is 0 Å². The van der Waals surface area contributed by atoms with E-state index in [1.165, 1.54) is 11.8 Å². The largest absolute Gasteiger partial charge is 0.368 e. The number of nitrogens with two attached hydrogens (primary N) is 1. The summed E-state index contributed by atoms with van der Waals surface area (Å²) in [7, 11) is 0. The number of hydrogen-bond donors (Lipinski definition) is 1. The molecule has 76 valence electrons. The molecule has 0 aliphatic carbocycles. The van der Waals surface area contributed by atoms with E-state index >= 15 is 0 Å². The second-order valence-electron chi connectivity index (χ2n) is 2.75. The minimum atomic E-state index is -0.124. The molecule has 0 saturated carbocycles. The van der Waals surface area contributed by atoms with Gasteiger partial charge in [0.2, 0.25) is 5.95 Å². The maximum Gasteiger partial charge on any atom is 0.221 e. The van der Waals surface area contributed by atoms with Crippen molar-refractivity contribution in [3.63, 3.8) is 0 Å². The van der Waals surface area contributed by atoms with Crippen molar-refractivity contribution in [2.45, 2.75) is 24.1 Å². The van der Waals surface area contributed by atoms with E-state index in [-0.39, 0.29) is 17.0 Å². The third-order valence-corrected chi connectivity index (χ3v) is 3.65. The van der Waals surface area contributed by atoms with Crippen LogP contribution in [0.15, 0.2) is 15.7 Å². The fourth-order valence-electron chi connectivity index (χ4n) is 0.697. The Morgan fingerprint density at radius 3 is 2.93 bits per heavy atom. The third-order valence-electron chi connectivity index (χ3n) is 1.59. The van der Waals surface area contributed by atoms with Crippen LogP contribution in [-0.2, 0) is 4.79 Å². The number of thioether (sulfide) groups is 1. The van der Waals surface area contributed by atoms with Gasteiger partial charge >= 0.3 is 0 Å². The minimum absolute atomic E-state index is 0.110. The van der Waals surface area contributed by atoms with E-state index in [1.807, 2.05) is 6.92 Å². The number of halogens is 1. The van der Waals surface area contributed by atoms with E-state index in [2.05, 4.69) is 25.9 Å². The lowest BCUT2D eigenvalue weighted by Gasteiger charge is -2.07. The Morgan fingerprint density at radius 1 is 1.71 bits per heavy atom. The van der Waals surface area contributed by atoms with Gasteiger partial charge in [-0.1, -0.05) is 11.8 Å². The van der Waals surface area contributed by atoms with Gasteiger partial charge < -0.3 is 5.73 Å². The molecule has 0 radical (unpaired) electrons. The smallest absolute Gasteiger partial charge is 0.221 e. The maximum atomic E-state index is 11.0. The van der Waals surface area contributed by atoms with Crippen LogP contribution in [0.3, 0.4) is 0 Å². The van der Waals surface area contributed by atoms with Gasteiger partial charge in [-0.2, -0.15) is 0 Å². The van der Waals surface area contributed by atoms with E-state index in [0.29, 0.717) is 5.03 Å². The van der Waals surface area contributed by atoms with Crippen molar-refractivity contribution < 1.29 is 4.79 Å². The lowest BCUT2D eigenvalue weighted by Crippen LogP contribution is -2.09. The fourth-order valence-corrected chi connectivity index (χ4v) is 1.98. The predicted octanol–water partition coefficient (Wildman–Crippen LogP) is 1.89. The van der Waals surface area contributed by atoms with Crippen LogP contribution in [0.1, 0.15) is 13.8 Å². The summed E-state index contributed by atoms with van der Waals surface area (Å²) >= 11 is 4.66. The molecule has 0 aromatic carbocycles. The lowest BCUT2D eigenvalue weighted by atomic mass is 10.3. The molecule has 1 aromatic heterocycles. The summed E-state index contributed by atoms with van der Waals surface area (Å²) in [6, 6.07) is 0. The molecule has 0 fully saturated rings. The Balaban J connectivity index is 2.85. The van der Waals surface area contributed by atoms with E-state index in [4.69, 9.17) is 5.73 Å². The summed E-state index contributed by atoms with van der Waals surface area (Å²) in [5.41, 5.74) is 5.44. The molecule has 0 aliphatic heterocycles. The minimum Gasteiger partial charge on any atom is -0.368 e. The van der Waals surface area contributed by atoms with Crippen LogP contribution in [0, 0.1) is 0 Å². The molecule has 6 heteroatoms. The van der Waals surface area contributed by atoms with Gasteiger partial charge in [-0.05, 0) is 29.8 Å². The monoisotopic (exact) mass is 275 g/mol. The molecule has 4 nitrogen and oxygen atoms in total. The number of anilines is 1. The summed E-state index contributed by atoms with van der Waals surface area (Å²) in [6.07, 6.45) is 1.58. The molecule has 0 aliphatic rings. The number of aromatic nitrogens is 2. The Labute approximate surface area is 94.8 Å². The molecule has 1 unspecified atom stereocenters. The van der Waals surface area contributed by atoms with E-state index in [1.54, 1.807) is 13.1 Å². The summed E-state index contributed by atoms with van der Waals surface area (Å²) in [4.78, 5) is 18.9. The molecule has 0 spiro atoms. The zero-order valence-corrected chi connectivity index (χ0v) is 10.2. The molecule has 0 saturated heterocycles. The van der Waals surface area contributed by atoms with Crippen molar-refractivity contribution in [3.8, 4) is 0 Å². The van der Waals surface area contributed by atoms with Gasteiger partial charge in [-0.15, -0.1) is 0 Å². The SMILES string of the molecule is CC(=O)C(C)Sc1nc(N)ncc1Br. The van der Waals surface area contributed by atoms with Gasteiger partial charge in [0.15, 0.2) is 0 Å². The number of Topliss-reactive ketones (excluding diaryl/α,β-unsaturated/α-hetero) is 1. The van der Waals surface area contributed by atoms with E-state index in [0.717, 1.165) is 4.47 Å². The van der Waals surface area contributed by atoms with Crippen LogP contribution >= 0.6 is 27.7 Å². The number of nitrogen functional groups attached to an aromatic ring is 1. The molecule has 14 heavy (non-hydrogen) atoms. The maximum absolute atomic E-state index is 11.0. The number of carbonyl (C=O) groups is 1. The standard InChI is InChI=1S/C8H10BrN3OS/c1-4(13)5(2)14-7-6(9)3-11-8(10)12-7/h3,5H,1-2H3,(H2,10,11,12). The van der Waals surface area contributed by atoms with Gasteiger partial charge in [-0.25, -0.2) is 9.97 Å². The first-order chi connectivity index (χ1) is 6.50. The number of hydrogen-bond acceptors (Lipinski definition) is 5. The van der Waals surface area contributed by atoms with Crippen LogP contribution in [-0.4, -0.2) is 21.0 Å². The topological polar surface area (TPSA) is 68.9 Å². The number of carbonyl (C=O) groups excluding carboxylic acids is 1. The summed E-state index contributed by atoms with van der Waals surface area (Å²) < 4.78 is 0.754. The van der Waals surface area contributed by atoms with Crippen molar-refractivity contribution in [2.24, 2.45) is 0 Å². The zero-order valence-electron chi connectivity index (χ0n) is 7.82. The van der Waals surface area contributed by atoms with Crippen LogP contribution < -0.4 is 5.73 Å². The highest BCUT2D eigenvalue weighted by atomic mass is 79.9. The average Bonchev–Trinajstić information content (AvgIpc) is 2.11. The van der Waals surface area contributed by atoms with Crippen molar-refractivity contribution in [2.75, 3.05) is 5.73 Å². The van der Waals surface area contributed by atoms with Crippen LogP contribution in [0.4, 0.5) is 5.95 Å². The first-order valence-electron chi connectivity index (χ1n) is 3.96. The summed E-state index contributed by atoms with van der Waals surface area (Å²) in [6.45, 7) is 3.38. The van der Waals surface area contributed by atoms with Gasteiger partial charge in [0.05, 0.1) is 9.72 Å². The Kier molecular flexibility index (Phi) is 3.88. The molecule has 1 rings (SSSR count). The average molecular weight is 276 g/mol. The van der Waals surface area contributed by atoms with E-state index in [9.17, 15) is 4.79 Å². The van der Waals surface area contributed by atoms with Crippen LogP contribution in [0.2, 0.25) is 0 Å². The quantitative estimate of drug-likeness (QED) is 0.674. The highest BCUT2D eigenvalue weighted by molar-refractivity contribution is 9.10. The zero-order chi connectivity index (χ0) is 10.7. The Morgan fingerprint density at radius 2 is 2.36 bits per heavy atom. The molecular formula is C8H10BrN3OS. The summed E-state index contributed by atoms with van der Waals surface area (Å²) in [5.74, 6) is 0.325. The number of ketones is 1. The van der Waals surface area contributed by atoms with Crippen LogP contribution in [0.5, 0.6) is 0 Å². The lowest BCUT2D eigenvalue weighted by molar-refractivity contribution is -0.116. The first-order valence-corrected chi connectivity index (χ1v) is 5.63. The second kappa shape index (κ2) is 4.75. The van der Waals surface area contributed by atoms with E-state index < -0.39 is 0 Å². The molecule has 0 bridgehead atoms. The van der Waals surface area contributed by atoms with Gasteiger partial charge in [0.1, 0.15) is 10.8 Å². The Bertz CT molecular complexity index is 358. The molecular weight excluding hydrogens is 266 g/mol. The molecule has 1 atom stereocenters. The van der Waals surface area contributed by atoms with Gasteiger partial charge in [0, 0.05) is 6.20 Å². The molecule has 0 amide bonds.